The maximum Gasteiger partial charge on any atom is 0.148 e. The molecule has 3 heteroatoms. The van der Waals surface area contributed by atoms with Crippen LogP contribution in [0.3, 0.4) is 0 Å². The van der Waals surface area contributed by atoms with Gasteiger partial charge in [0.2, 0.25) is 0 Å². The molecule has 1 aliphatic rings. The average Bonchev–Trinajstić information content (AvgIpc) is 2.56. The molecule has 1 atom stereocenters. The van der Waals surface area contributed by atoms with Gasteiger partial charge in [0.1, 0.15) is 6.23 Å². The molecule has 0 aromatic carbocycles. The van der Waals surface area contributed by atoms with E-state index in [1.165, 1.54) is 12.8 Å². The second kappa shape index (κ2) is 5.51. The summed E-state index contributed by atoms with van der Waals surface area (Å²) in [4.78, 5) is 12.4. The fraction of sp³-hybridized carbons (Fsp3) is 1.00. The van der Waals surface area contributed by atoms with Crippen molar-refractivity contribution in [2.24, 2.45) is 0 Å². The molecule has 0 amide bonds. The zero-order valence-electron chi connectivity index (χ0n) is 8.08. The number of hydrogen-bond donors (Lipinski definition) is 0. The summed E-state index contributed by atoms with van der Waals surface area (Å²) < 4.78 is 0. The normalized spacial score (nSPS) is 23.8. The van der Waals surface area contributed by atoms with Crippen molar-refractivity contribution >= 4 is 0 Å². The summed E-state index contributed by atoms with van der Waals surface area (Å²) in [7, 11) is 0. The van der Waals surface area contributed by atoms with Crippen molar-refractivity contribution in [3.05, 3.63) is 0 Å². The summed E-state index contributed by atoms with van der Waals surface area (Å²) in [6, 6.07) is 0. The third-order valence-electron chi connectivity index (χ3n) is 2.06. The van der Waals surface area contributed by atoms with Crippen molar-refractivity contribution in [1.29, 1.82) is 0 Å². The summed E-state index contributed by atoms with van der Waals surface area (Å²) >= 11 is 0. The van der Waals surface area contributed by atoms with Gasteiger partial charge in [-0.1, -0.05) is 13.8 Å². The Balaban J connectivity index is 2.29. The van der Waals surface area contributed by atoms with E-state index in [1.54, 1.807) is 0 Å². The topological polar surface area (TPSA) is 21.7 Å². The van der Waals surface area contributed by atoms with Gasteiger partial charge in [-0.2, -0.15) is 0 Å². The molecule has 12 heavy (non-hydrogen) atoms. The molecule has 1 unspecified atom stereocenters. The van der Waals surface area contributed by atoms with Gasteiger partial charge >= 0.3 is 0 Å². The minimum atomic E-state index is 0.213. The minimum absolute atomic E-state index is 0.213. The molecule has 1 aliphatic heterocycles. The van der Waals surface area contributed by atoms with Gasteiger partial charge in [-0.3, -0.25) is 4.90 Å². The SMILES string of the molecule is CCCN(CCC)C1CCOO1. The molecule has 0 spiro atoms. The largest absolute Gasteiger partial charge is 0.276 e. The first-order chi connectivity index (χ1) is 5.88. The lowest BCUT2D eigenvalue weighted by Gasteiger charge is -2.25. The molecule has 0 N–H and O–H groups in total. The molecule has 1 heterocycles. The molecule has 0 aliphatic carbocycles. The standard InChI is InChI=1S/C9H19NO2/c1-3-6-10(7-4-2)9-5-8-11-12-9/h9H,3-8H2,1-2H3. The third kappa shape index (κ3) is 2.73. The number of nitrogens with zero attached hydrogens (tertiary/aromatic N) is 1. The summed E-state index contributed by atoms with van der Waals surface area (Å²) in [6.07, 6.45) is 3.59. The Morgan fingerprint density at radius 2 is 1.92 bits per heavy atom. The molecule has 1 saturated heterocycles. The summed E-state index contributed by atoms with van der Waals surface area (Å²) in [6.45, 7) is 7.36. The van der Waals surface area contributed by atoms with Crippen molar-refractivity contribution < 1.29 is 9.78 Å². The van der Waals surface area contributed by atoms with Crippen molar-refractivity contribution in [1.82, 2.24) is 4.90 Å². The van der Waals surface area contributed by atoms with Crippen LogP contribution in [-0.4, -0.2) is 30.8 Å². The highest BCUT2D eigenvalue weighted by Gasteiger charge is 2.23. The lowest BCUT2D eigenvalue weighted by molar-refractivity contribution is -0.300. The molecule has 3 nitrogen and oxygen atoms in total. The lowest BCUT2D eigenvalue weighted by atomic mass is 10.3. The smallest absolute Gasteiger partial charge is 0.148 e. The summed E-state index contributed by atoms with van der Waals surface area (Å²) in [5, 5.41) is 0. The van der Waals surface area contributed by atoms with E-state index in [4.69, 9.17) is 9.78 Å². The average molecular weight is 173 g/mol. The van der Waals surface area contributed by atoms with Crippen LogP contribution in [0.2, 0.25) is 0 Å². The van der Waals surface area contributed by atoms with Crippen LogP contribution in [-0.2, 0) is 9.78 Å². The van der Waals surface area contributed by atoms with Gasteiger partial charge in [0.15, 0.2) is 0 Å². The van der Waals surface area contributed by atoms with Crippen LogP contribution in [0, 0.1) is 0 Å². The highest BCUT2D eigenvalue weighted by Crippen LogP contribution is 2.14. The van der Waals surface area contributed by atoms with Gasteiger partial charge in [-0.05, 0) is 12.8 Å². The van der Waals surface area contributed by atoms with E-state index in [9.17, 15) is 0 Å². The van der Waals surface area contributed by atoms with Gasteiger partial charge in [-0.15, -0.1) is 0 Å². The van der Waals surface area contributed by atoms with Crippen molar-refractivity contribution in [2.75, 3.05) is 19.7 Å². The van der Waals surface area contributed by atoms with Crippen LogP contribution >= 0.6 is 0 Å². The van der Waals surface area contributed by atoms with E-state index in [1.807, 2.05) is 0 Å². The number of hydrogen-bond acceptors (Lipinski definition) is 3. The van der Waals surface area contributed by atoms with E-state index in [0.717, 1.165) is 26.1 Å². The van der Waals surface area contributed by atoms with Crippen molar-refractivity contribution in [2.45, 2.75) is 39.3 Å². The van der Waals surface area contributed by atoms with Crippen molar-refractivity contribution in [3.63, 3.8) is 0 Å². The maximum absolute atomic E-state index is 5.15. The first kappa shape index (κ1) is 9.96. The Morgan fingerprint density at radius 1 is 1.25 bits per heavy atom. The van der Waals surface area contributed by atoms with E-state index >= 15 is 0 Å². The fourth-order valence-electron chi connectivity index (χ4n) is 1.54. The predicted molar refractivity (Wildman–Crippen MR) is 47.6 cm³/mol. The van der Waals surface area contributed by atoms with E-state index < -0.39 is 0 Å². The Kier molecular flexibility index (Phi) is 4.58. The Morgan fingerprint density at radius 3 is 2.33 bits per heavy atom. The molecule has 0 radical (unpaired) electrons. The quantitative estimate of drug-likeness (QED) is 0.592. The predicted octanol–water partition coefficient (Wildman–Crippen LogP) is 1.79. The van der Waals surface area contributed by atoms with Gasteiger partial charge in [0.25, 0.3) is 0 Å². The van der Waals surface area contributed by atoms with Gasteiger partial charge in [0, 0.05) is 19.5 Å². The zero-order chi connectivity index (χ0) is 8.81. The minimum Gasteiger partial charge on any atom is -0.276 e. The second-order valence-corrected chi connectivity index (χ2v) is 3.20. The first-order valence-electron chi connectivity index (χ1n) is 4.90. The van der Waals surface area contributed by atoms with Crippen LogP contribution < -0.4 is 0 Å². The van der Waals surface area contributed by atoms with Crippen LogP contribution in [0.15, 0.2) is 0 Å². The Hall–Kier alpha value is -0.120. The molecular formula is C9H19NO2. The molecular weight excluding hydrogens is 154 g/mol. The Bertz CT molecular complexity index is 107. The summed E-state index contributed by atoms with van der Waals surface area (Å²) in [5.74, 6) is 0. The van der Waals surface area contributed by atoms with E-state index in [0.29, 0.717) is 0 Å². The molecule has 72 valence electrons. The van der Waals surface area contributed by atoms with Crippen LogP contribution in [0.4, 0.5) is 0 Å². The molecule has 1 rings (SSSR count). The van der Waals surface area contributed by atoms with Crippen LogP contribution in [0.1, 0.15) is 33.1 Å². The highest BCUT2D eigenvalue weighted by molar-refractivity contribution is 4.63. The van der Waals surface area contributed by atoms with Crippen LogP contribution in [0.25, 0.3) is 0 Å². The van der Waals surface area contributed by atoms with E-state index in [2.05, 4.69) is 18.7 Å². The summed E-state index contributed by atoms with van der Waals surface area (Å²) in [5.41, 5.74) is 0. The monoisotopic (exact) mass is 173 g/mol. The molecule has 0 saturated carbocycles. The first-order valence-corrected chi connectivity index (χ1v) is 4.90. The zero-order valence-corrected chi connectivity index (χ0v) is 8.08. The van der Waals surface area contributed by atoms with Gasteiger partial charge in [0.05, 0.1) is 6.61 Å². The van der Waals surface area contributed by atoms with Crippen LogP contribution in [0.5, 0.6) is 0 Å². The molecule has 0 bridgehead atoms. The molecule has 0 aromatic heterocycles. The second-order valence-electron chi connectivity index (χ2n) is 3.20. The third-order valence-corrected chi connectivity index (χ3v) is 2.06. The molecule has 1 fully saturated rings. The Labute approximate surface area is 74.6 Å². The lowest BCUT2D eigenvalue weighted by Crippen LogP contribution is -2.35. The van der Waals surface area contributed by atoms with Crippen molar-refractivity contribution in [3.8, 4) is 0 Å². The van der Waals surface area contributed by atoms with E-state index in [-0.39, 0.29) is 6.23 Å². The van der Waals surface area contributed by atoms with Gasteiger partial charge < -0.3 is 0 Å². The highest BCUT2D eigenvalue weighted by atomic mass is 17.2. The maximum atomic E-state index is 5.15. The number of rotatable bonds is 5. The van der Waals surface area contributed by atoms with Gasteiger partial charge in [-0.25, -0.2) is 9.78 Å². The fourth-order valence-corrected chi connectivity index (χ4v) is 1.54. The molecule has 0 aromatic rings.